The molecule has 2 aromatic heterocycles. The number of thioether (sulfide) groups is 1. The normalized spacial score (nSPS) is 19.9. The monoisotopic (exact) mass is 492 g/mol. The zero-order valence-electron chi connectivity index (χ0n) is 19.2. The Morgan fingerprint density at radius 3 is 2.71 bits per heavy atom. The van der Waals surface area contributed by atoms with Gasteiger partial charge in [0.2, 0.25) is 0 Å². The van der Waals surface area contributed by atoms with Gasteiger partial charge in [0, 0.05) is 5.75 Å². The molecular formula is C23H30F2N6O2S. The van der Waals surface area contributed by atoms with Gasteiger partial charge in [-0.2, -0.15) is 0 Å². The summed E-state index contributed by atoms with van der Waals surface area (Å²) in [5, 5.41) is 17.9. The van der Waals surface area contributed by atoms with Crippen LogP contribution in [-0.2, 0) is 4.74 Å². The summed E-state index contributed by atoms with van der Waals surface area (Å²) >= 11 is 1.59. The fraction of sp³-hybridized carbons (Fsp3) is 0.565. The highest BCUT2D eigenvalue weighted by atomic mass is 32.2. The molecular weight excluding hydrogens is 462 g/mol. The second-order valence-corrected chi connectivity index (χ2v) is 9.64. The fourth-order valence-corrected chi connectivity index (χ4v) is 4.73. The molecule has 2 fully saturated rings. The molecule has 0 aliphatic heterocycles. The van der Waals surface area contributed by atoms with Crippen molar-refractivity contribution in [2.45, 2.75) is 68.7 Å². The van der Waals surface area contributed by atoms with Crippen molar-refractivity contribution < 1.29 is 18.6 Å². The third-order valence-electron chi connectivity index (χ3n) is 5.91. The van der Waals surface area contributed by atoms with Crippen molar-refractivity contribution in [3.8, 4) is 0 Å². The quantitative estimate of drug-likeness (QED) is 0.355. The van der Waals surface area contributed by atoms with Gasteiger partial charge in [-0.3, -0.25) is 0 Å². The number of fused-ring (bicyclic) bond motifs is 1. The van der Waals surface area contributed by atoms with E-state index in [1.165, 1.54) is 12.1 Å². The van der Waals surface area contributed by atoms with Gasteiger partial charge in [-0.25, -0.2) is 23.4 Å². The molecule has 8 nitrogen and oxygen atoms in total. The lowest BCUT2D eigenvalue weighted by Crippen LogP contribution is -2.14. The van der Waals surface area contributed by atoms with E-state index in [9.17, 15) is 8.78 Å². The molecule has 2 aliphatic carbocycles. The highest BCUT2D eigenvalue weighted by Gasteiger charge is 2.29. The number of hydrogen-bond donors (Lipinski definition) is 2. The van der Waals surface area contributed by atoms with Gasteiger partial charge in [-0.1, -0.05) is 30.0 Å². The first-order valence-electron chi connectivity index (χ1n) is 11.7. The highest BCUT2D eigenvalue weighted by Crippen LogP contribution is 2.40. The first-order chi connectivity index (χ1) is 16.5. The molecule has 0 amide bonds. The second-order valence-electron chi connectivity index (χ2n) is 8.58. The summed E-state index contributed by atoms with van der Waals surface area (Å²) in [5.74, 6) is 0.340. The van der Waals surface area contributed by atoms with Crippen molar-refractivity contribution in [3.63, 3.8) is 0 Å². The number of aliphatic hydroxyl groups is 1. The van der Waals surface area contributed by atoms with Crippen LogP contribution in [0.3, 0.4) is 0 Å². The number of halogens is 2. The van der Waals surface area contributed by atoms with Crippen LogP contribution in [0.15, 0.2) is 23.4 Å². The van der Waals surface area contributed by atoms with E-state index in [1.807, 2.05) is 4.68 Å². The number of anilines is 1. The molecule has 0 saturated heterocycles. The molecule has 2 unspecified atom stereocenters. The Hall–Kier alpha value is -2.37. The van der Waals surface area contributed by atoms with E-state index in [2.05, 4.69) is 27.2 Å². The van der Waals surface area contributed by atoms with Gasteiger partial charge in [0.25, 0.3) is 0 Å². The lowest BCUT2D eigenvalue weighted by atomic mass is 10.1. The van der Waals surface area contributed by atoms with Crippen molar-refractivity contribution in [2.75, 3.05) is 24.7 Å². The largest absolute Gasteiger partial charge is 0.394 e. The summed E-state index contributed by atoms with van der Waals surface area (Å²) in [4.78, 5) is 8.89. The van der Waals surface area contributed by atoms with Crippen LogP contribution in [0.2, 0.25) is 0 Å². The average molecular weight is 493 g/mol. The third-order valence-corrected chi connectivity index (χ3v) is 6.96. The molecule has 0 radical (unpaired) electrons. The Kier molecular flexibility index (Phi) is 8.28. The maximum Gasteiger partial charge on any atom is 0.191 e. The Balaban J connectivity index is 0.000000207. The summed E-state index contributed by atoms with van der Waals surface area (Å²) in [6.07, 6.45) is 6.19. The topological polar surface area (TPSA) is 112 Å². The van der Waals surface area contributed by atoms with Crippen molar-refractivity contribution in [1.82, 2.24) is 25.0 Å². The van der Waals surface area contributed by atoms with Crippen LogP contribution in [0, 0.1) is 11.6 Å². The number of ether oxygens (including phenoxy) is 1. The first kappa shape index (κ1) is 24.7. The molecule has 11 heteroatoms. The van der Waals surface area contributed by atoms with Gasteiger partial charge in [0.1, 0.15) is 0 Å². The van der Waals surface area contributed by atoms with Gasteiger partial charge in [-0.15, -0.1) is 5.10 Å². The molecule has 34 heavy (non-hydrogen) atoms. The van der Waals surface area contributed by atoms with Crippen molar-refractivity contribution in [3.05, 3.63) is 35.4 Å². The number of aliphatic hydroxyl groups excluding tert-OH is 1. The molecule has 2 atom stereocenters. The van der Waals surface area contributed by atoms with Crippen LogP contribution in [0.4, 0.5) is 14.6 Å². The van der Waals surface area contributed by atoms with Crippen molar-refractivity contribution in [1.29, 1.82) is 0 Å². The Morgan fingerprint density at radius 1 is 1.18 bits per heavy atom. The van der Waals surface area contributed by atoms with Crippen molar-refractivity contribution in [2.24, 2.45) is 0 Å². The molecule has 184 valence electrons. The second kappa shape index (κ2) is 11.4. The molecule has 2 saturated carbocycles. The molecule has 0 spiro atoms. The van der Waals surface area contributed by atoms with Gasteiger partial charge in [-0.05, 0) is 62.1 Å². The fourth-order valence-electron chi connectivity index (χ4n) is 4.03. The van der Waals surface area contributed by atoms with Gasteiger partial charge in [0.15, 0.2) is 33.8 Å². The van der Waals surface area contributed by atoms with Crippen LogP contribution in [0.5, 0.6) is 0 Å². The van der Waals surface area contributed by atoms with Gasteiger partial charge >= 0.3 is 0 Å². The van der Waals surface area contributed by atoms with Crippen LogP contribution < -0.4 is 5.73 Å². The Bertz CT molecular complexity index is 1110. The van der Waals surface area contributed by atoms with Crippen LogP contribution in [-0.4, -0.2) is 55.1 Å². The van der Waals surface area contributed by atoms with Crippen LogP contribution in [0.1, 0.15) is 63.0 Å². The molecule has 2 aliphatic rings. The predicted molar refractivity (Wildman–Crippen MR) is 127 cm³/mol. The summed E-state index contributed by atoms with van der Waals surface area (Å²) < 4.78 is 32.5. The maximum absolute atomic E-state index is 12.6. The molecule has 2 heterocycles. The smallest absolute Gasteiger partial charge is 0.191 e. The number of nitrogens with two attached hydrogens (primary N) is 1. The van der Waals surface area contributed by atoms with E-state index in [-0.39, 0.29) is 18.8 Å². The van der Waals surface area contributed by atoms with E-state index < -0.39 is 11.6 Å². The third kappa shape index (κ3) is 6.00. The van der Waals surface area contributed by atoms with Crippen molar-refractivity contribution >= 4 is 28.7 Å². The summed E-state index contributed by atoms with van der Waals surface area (Å²) in [6, 6.07) is 4.36. The van der Waals surface area contributed by atoms with E-state index in [0.717, 1.165) is 49.8 Å². The molecule has 3 N–H and O–H groups in total. The zero-order chi connectivity index (χ0) is 24.1. The van der Waals surface area contributed by atoms with Gasteiger partial charge in [0.05, 0.1) is 25.4 Å². The zero-order valence-corrected chi connectivity index (χ0v) is 20.0. The molecule has 1 aromatic carbocycles. The Labute approximate surface area is 201 Å². The number of benzene rings is 1. The molecule has 3 aromatic rings. The average Bonchev–Trinajstić information content (AvgIpc) is 3.42. The lowest BCUT2D eigenvalue weighted by Gasteiger charge is -2.12. The summed E-state index contributed by atoms with van der Waals surface area (Å²) in [7, 11) is 0. The van der Waals surface area contributed by atoms with E-state index in [0.29, 0.717) is 34.7 Å². The number of nitrogens with zero attached hydrogens (tertiary/aromatic N) is 5. The minimum absolute atomic E-state index is 0.0508. The lowest BCUT2D eigenvalue weighted by molar-refractivity contribution is 0.0309. The number of aromatic nitrogens is 5. The number of nitrogen functional groups attached to an aromatic ring is 1. The summed E-state index contributed by atoms with van der Waals surface area (Å²) in [5.41, 5.74) is 8.19. The minimum atomic E-state index is -0.755. The van der Waals surface area contributed by atoms with E-state index in [4.69, 9.17) is 15.6 Å². The molecule has 0 bridgehead atoms. The molecule has 5 rings (SSSR count). The number of hydrogen-bond acceptors (Lipinski definition) is 8. The predicted octanol–water partition coefficient (Wildman–Crippen LogP) is 4.25. The Morgan fingerprint density at radius 2 is 2.00 bits per heavy atom. The highest BCUT2D eigenvalue weighted by molar-refractivity contribution is 7.99. The van der Waals surface area contributed by atoms with Crippen LogP contribution >= 0.6 is 11.8 Å². The van der Waals surface area contributed by atoms with E-state index in [1.54, 1.807) is 17.8 Å². The SMILES string of the molecule is CCCSc1nc(N)c2nnn(C3CCC(OCCO)C3)c2n1.Fc1ccc(C2CC2)cc1F. The van der Waals surface area contributed by atoms with E-state index >= 15 is 0 Å². The van der Waals surface area contributed by atoms with Crippen LogP contribution in [0.25, 0.3) is 11.2 Å². The maximum atomic E-state index is 12.6. The summed E-state index contributed by atoms with van der Waals surface area (Å²) in [6.45, 7) is 2.54. The van der Waals surface area contributed by atoms with Gasteiger partial charge < -0.3 is 15.6 Å². The first-order valence-corrected chi connectivity index (χ1v) is 12.7. The number of rotatable bonds is 8. The minimum Gasteiger partial charge on any atom is -0.394 e. The standard InChI is InChI=1S/C14H22N6O2S.C9H8F2/c1-2-7-23-14-16-12(15)11-13(17-14)20(19-18-11)9-3-4-10(8-9)22-6-5-21;10-8-4-3-7(5-9(8)11)6-1-2-6/h9-10,21H,2-8H2,1H3,(H2,15,16,17);3-6H,1-2H2.